The van der Waals surface area contributed by atoms with E-state index in [2.05, 4.69) is 5.10 Å². The lowest BCUT2D eigenvalue weighted by Gasteiger charge is -2.18. The molecular formula is C9H11N3O2. The monoisotopic (exact) mass is 193 g/mol. The molecule has 74 valence electrons. The van der Waals surface area contributed by atoms with Crippen LogP contribution >= 0.6 is 0 Å². The number of carbonyl (C=O) groups excluding carboxylic acids is 1. The number of hydrogen-bond acceptors (Lipinski definition) is 4. The molecule has 5 heteroatoms. The second-order valence-electron chi connectivity index (χ2n) is 3.71. The summed E-state index contributed by atoms with van der Waals surface area (Å²) in [5.41, 5.74) is 7.19. The van der Waals surface area contributed by atoms with E-state index in [0.717, 1.165) is 18.7 Å². The quantitative estimate of drug-likeness (QED) is 0.615. The van der Waals surface area contributed by atoms with Crippen LogP contribution in [0.15, 0.2) is 0 Å². The Morgan fingerprint density at radius 1 is 1.57 bits per heavy atom. The van der Waals surface area contributed by atoms with Gasteiger partial charge in [0.05, 0.1) is 12.6 Å². The molecule has 5 nitrogen and oxygen atoms in total. The summed E-state index contributed by atoms with van der Waals surface area (Å²) in [6.07, 6.45) is 1.48. The molecule has 0 aliphatic carbocycles. The highest BCUT2D eigenvalue weighted by Crippen LogP contribution is 2.32. The zero-order valence-electron chi connectivity index (χ0n) is 7.69. The maximum atomic E-state index is 11.8. The summed E-state index contributed by atoms with van der Waals surface area (Å²) in [6, 6.07) is -0.382. The molecule has 3 heterocycles. The molecule has 2 aliphatic heterocycles. The van der Waals surface area contributed by atoms with Gasteiger partial charge in [-0.15, -0.1) is 0 Å². The maximum absolute atomic E-state index is 11.8. The number of nitrogens with two attached hydrogens (primary N) is 1. The van der Waals surface area contributed by atoms with E-state index < -0.39 is 0 Å². The molecule has 0 bridgehead atoms. The second kappa shape index (κ2) is 2.57. The van der Waals surface area contributed by atoms with E-state index in [9.17, 15) is 4.79 Å². The van der Waals surface area contributed by atoms with Gasteiger partial charge in [-0.1, -0.05) is 0 Å². The summed E-state index contributed by atoms with van der Waals surface area (Å²) in [4.78, 5) is 11.8. The number of carbonyl (C=O) groups is 1. The number of hydrogen-bond donors (Lipinski definition) is 1. The summed E-state index contributed by atoms with van der Waals surface area (Å²) < 4.78 is 7.13. The minimum absolute atomic E-state index is 0.0353. The first-order chi connectivity index (χ1) is 6.77. The molecule has 2 aliphatic rings. The van der Waals surface area contributed by atoms with Gasteiger partial charge >= 0.3 is 0 Å². The highest BCUT2D eigenvalue weighted by Gasteiger charge is 2.33. The molecule has 0 saturated heterocycles. The summed E-state index contributed by atoms with van der Waals surface area (Å²) in [5, 5.41) is 4.33. The smallest absolute Gasteiger partial charge is 0.201 e. The first-order valence-corrected chi connectivity index (χ1v) is 4.79. The average molecular weight is 193 g/mol. The maximum Gasteiger partial charge on any atom is 0.201 e. The standard InChI is InChI=1S/C9H11N3O2/c10-5-1-3-12-7(8(5)13)9-6(11-12)2-4-14-9/h5H,1-4,10H2. The van der Waals surface area contributed by atoms with Crippen molar-refractivity contribution < 1.29 is 9.53 Å². The van der Waals surface area contributed by atoms with Crippen molar-refractivity contribution in [2.45, 2.75) is 25.4 Å². The molecule has 0 amide bonds. The predicted octanol–water partition coefficient (Wildman–Crippen LogP) is -0.268. The van der Waals surface area contributed by atoms with E-state index in [4.69, 9.17) is 10.5 Å². The summed E-state index contributed by atoms with van der Waals surface area (Å²) >= 11 is 0. The van der Waals surface area contributed by atoms with Crippen molar-refractivity contribution in [1.82, 2.24) is 9.78 Å². The molecule has 1 unspecified atom stereocenters. The van der Waals surface area contributed by atoms with E-state index in [1.54, 1.807) is 4.68 Å². The van der Waals surface area contributed by atoms with Crippen molar-refractivity contribution in [1.29, 1.82) is 0 Å². The fourth-order valence-corrected chi connectivity index (χ4v) is 2.03. The van der Waals surface area contributed by atoms with Gasteiger partial charge in [-0.25, -0.2) is 0 Å². The van der Waals surface area contributed by atoms with Crippen molar-refractivity contribution in [2.75, 3.05) is 6.61 Å². The van der Waals surface area contributed by atoms with Gasteiger partial charge in [0.2, 0.25) is 5.78 Å². The van der Waals surface area contributed by atoms with Crippen LogP contribution in [0.3, 0.4) is 0 Å². The number of fused-ring (bicyclic) bond motifs is 3. The lowest BCUT2D eigenvalue weighted by Crippen LogP contribution is -2.38. The largest absolute Gasteiger partial charge is 0.489 e. The molecule has 0 radical (unpaired) electrons. The third-order valence-electron chi connectivity index (χ3n) is 2.78. The molecule has 2 N–H and O–H groups in total. The van der Waals surface area contributed by atoms with Gasteiger partial charge < -0.3 is 10.5 Å². The van der Waals surface area contributed by atoms with Crippen molar-refractivity contribution in [3.8, 4) is 5.75 Å². The van der Waals surface area contributed by atoms with E-state index in [0.29, 0.717) is 24.5 Å². The van der Waals surface area contributed by atoms with Crippen molar-refractivity contribution >= 4 is 5.78 Å². The number of rotatable bonds is 0. The van der Waals surface area contributed by atoms with E-state index in [1.807, 2.05) is 0 Å². The fourth-order valence-electron chi connectivity index (χ4n) is 2.03. The summed E-state index contributed by atoms with van der Waals surface area (Å²) in [6.45, 7) is 1.35. The van der Waals surface area contributed by atoms with Crippen LogP contribution in [0.4, 0.5) is 0 Å². The second-order valence-corrected chi connectivity index (χ2v) is 3.71. The fraction of sp³-hybridized carbons (Fsp3) is 0.556. The lowest BCUT2D eigenvalue weighted by molar-refractivity contribution is 0.0920. The van der Waals surface area contributed by atoms with Crippen LogP contribution in [0, 0.1) is 0 Å². The van der Waals surface area contributed by atoms with Crippen LogP contribution < -0.4 is 10.5 Å². The molecule has 3 rings (SSSR count). The Morgan fingerprint density at radius 3 is 3.29 bits per heavy atom. The molecule has 1 aromatic rings. The molecule has 0 spiro atoms. The van der Waals surface area contributed by atoms with Crippen LogP contribution in [-0.4, -0.2) is 28.2 Å². The minimum atomic E-state index is -0.382. The molecule has 0 fully saturated rings. The summed E-state index contributed by atoms with van der Waals surface area (Å²) in [7, 11) is 0. The number of ketones is 1. The Bertz CT molecular complexity index is 410. The van der Waals surface area contributed by atoms with E-state index in [-0.39, 0.29) is 11.8 Å². The lowest BCUT2D eigenvalue weighted by atomic mass is 10.0. The van der Waals surface area contributed by atoms with Gasteiger partial charge in [-0.05, 0) is 6.42 Å². The molecular weight excluding hydrogens is 182 g/mol. The van der Waals surface area contributed by atoms with Gasteiger partial charge in [0.15, 0.2) is 5.75 Å². The van der Waals surface area contributed by atoms with Gasteiger partial charge in [-0.2, -0.15) is 5.10 Å². The van der Waals surface area contributed by atoms with Gasteiger partial charge in [0.1, 0.15) is 11.4 Å². The normalized spacial score (nSPS) is 24.4. The minimum Gasteiger partial charge on any atom is -0.489 e. The van der Waals surface area contributed by atoms with Crippen LogP contribution in [0.2, 0.25) is 0 Å². The average Bonchev–Trinajstić information content (AvgIpc) is 2.70. The Morgan fingerprint density at radius 2 is 2.43 bits per heavy atom. The van der Waals surface area contributed by atoms with Crippen molar-refractivity contribution in [3.05, 3.63) is 11.4 Å². The Kier molecular flexibility index (Phi) is 1.47. The zero-order chi connectivity index (χ0) is 9.71. The Hall–Kier alpha value is -1.36. The highest BCUT2D eigenvalue weighted by atomic mass is 16.5. The van der Waals surface area contributed by atoms with Crippen LogP contribution in [0.5, 0.6) is 5.75 Å². The Balaban J connectivity index is 2.17. The molecule has 14 heavy (non-hydrogen) atoms. The van der Waals surface area contributed by atoms with E-state index in [1.165, 1.54) is 0 Å². The third kappa shape index (κ3) is 0.874. The van der Waals surface area contributed by atoms with Crippen LogP contribution in [0.1, 0.15) is 22.6 Å². The van der Waals surface area contributed by atoms with Crippen molar-refractivity contribution in [3.63, 3.8) is 0 Å². The van der Waals surface area contributed by atoms with Gasteiger partial charge in [0.25, 0.3) is 0 Å². The Labute approximate surface area is 80.8 Å². The number of aromatic nitrogens is 2. The molecule has 0 saturated carbocycles. The highest BCUT2D eigenvalue weighted by molar-refractivity contribution is 6.01. The number of ether oxygens (including phenoxy) is 1. The van der Waals surface area contributed by atoms with Crippen molar-refractivity contribution in [2.24, 2.45) is 5.73 Å². The first kappa shape index (κ1) is 7.99. The van der Waals surface area contributed by atoms with E-state index >= 15 is 0 Å². The van der Waals surface area contributed by atoms with Crippen LogP contribution in [0.25, 0.3) is 0 Å². The van der Waals surface area contributed by atoms with Crippen LogP contribution in [-0.2, 0) is 13.0 Å². The predicted molar refractivity (Wildman–Crippen MR) is 48.3 cm³/mol. The number of aryl methyl sites for hydroxylation is 1. The molecule has 1 aromatic heterocycles. The first-order valence-electron chi connectivity index (χ1n) is 4.79. The van der Waals surface area contributed by atoms with Gasteiger partial charge in [-0.3, -0.25) is 9.48 Å². The number of Topliss-reactive ketones (excluding diaryl/α,β-unsaturated/α-hetero) is 1. The SMILES string of the molecule is NC1CCn2nc3c(c2C1=O)OCC3. The van der Waals surface area contributed by atoms with Gasteiger partial charge in [0, 0.05) is 13.0 Å². The summed E-state index contributed by atoms with van der Waals surface area (Å²) in [5.74, 6) is 0.636. The molecule has 1 atom stereocenters. The molecule has 0 aromatic carbocycles. The third-order valence-corrected chi connectivity index (χ3v) is 2.78. The zero-order valence-corrected chi connectivity index (χ0v) is 7.69. The number of nitrogens with zero attached hydrogens (tertiary/aromatic N) is 2. The topological polar surface area (TPSA) is 70.1 Å².